The van der Waals surface area contributed by atoms with Gasteiger partial charge in [0.15, 0.2) is 0 Å². The maximum Gasteiger partial charge on any atom is 0.326 e. The van der Waals surface area contributed by atoms with Crippen molar-refractivity contribution < 1.29 is 14.7 Å². The highest BCUT2D eigenvalue weighted by molar-refractivity contribution is 7.98. The average Bonchev–Trinajstić information content (AvgIpc) is 2.66. The first kappa shape index (κ1) is 21.0. The fourth-order valence-electron chi connectivity index (χ4n) is 2.35. The Morgan fingerprint density at radius 3 is 2.48 bits per heavy atom. The van der Waals surface area contributed by atoms with Gasteiger partial charge in [0.25, 0.3) is 5.56 Å². The van der Waals surface area contributed by atoms with Gasteiger partial charge in [-0.3, -0.25) is 9.59 Å². The van der Waals surface area contributed by atoms with Gasteiger partial charge in [-0.1, -0.05) is 12.1 Å². The molecular formula is C18H21N3O4S2. The molecule has 27 heavy (non-hydrogen) atoms. The maximum atomic E-state index is 12.2. The lowest BCUT2D eigenvalue weighted by atomic mass is 10.1. The Kier molecular flexibility index (Phi) is 7.93. The van der Waals surface area contributed by atoms with Gasteiger partial charge in [0.1, 0.15) is 12.6 Å². The van der Waals surface area contributed by atoms with Crippen molar-refractivity contribution in [3.63, 3.8) is 0 Å². The molecule has 144 valence electrons. The summed E-state index contributed by atoms with van der Waals surface area (Å²) in [6.07, 6.45) is 4.16. The Morgan fingerprint density at radius 2 is 1.89 bits per heavy atom. The van der Waals surface area contributed by atoms with Gasteiger partial charge >= 0.3 is 5.97 Å². The molecule has 0 saturated carbocycles. The summed E-state index contributed by atoms with van der Waals surface area (Å²) in [5.41, 5.74) is 0.961. The number of hydrogen-bond donors (Lipinski definition) is 2. The van der Waals surface area contributed by atoms with E-state index in [1.807, 2.05) is 36.8 Å². The van der Waals surface area contributed by atoms with E-state index in [0.29, 0.717) is 17.9 Å². The molecule has 0 fully saturated rings. The van der Waals surface area contributed by atoms with Crippen molar-refractivity contribution in [2.75, 3.05) is 18.3 Å². The number of aliphatic carboxylic acids is 1. The molecule has 1 unspecified atom stereocenters. The number of carbonyl (C=O) groups excluding carboxylic acids is 1. The van der Waals surface area contributed by atoms with E-state index < -0.39 is 23.5 Å². The Hall–Kier alpha value is -2.26. The smallest absolute Gasteiger partial charge is 0.326 e. The lowest BCUT2D eigenvalue weighted by Crippen LogP contribution is -2.44. The normalized spacial score (nSPS) is 11.8. The Bertz CT molecular complexity index is 852. The highest BCUT2D eigenvalue weighted by Crippen LogP contribution is 2.20. The molecule has 9 heteroatoms. The third-order valence-corrected chi connectivity index (χ3v) is 5.18. The fraction of sp³-hybridized carbons (Fsp3) is 0.333. The summed E-state index contributed by atoms with van der Waals surface area (Å²) in [7, 11) is 0. The summed E-state index contributed by atoms with van der Waals surface area (Å²) in [5, 5.41) is 15.9. The number of carboxylic acid groups (broad SMARTS) is 1. The quantitative estimate of drug-likeness (QED) is 0.613. The van der Waals surface area contributed by atoms with E-state index in [1.54, 1.807) is 17.8 Å². The van der Waals surface area contributed by atoms with Crippen LogP contribution >= 0.6 is 23.5 Å². The van der Waals surface area contributed by atoms with Gasteiger partial charge < -0.3 is 10.4 Å². The minimum absolute atomic E-state index is 0.312. The second-order valence-corrected chi connectivity index (χ2v) is 7.55. The van der Waals surface area contributed by atoms with E-state index in [0.717, 1.165) is 15.1 Å². The lowest BCUT2D eigenvalue weighted by Gasteiger charge is -2.14. The Labute approximate surface area is 165 Å². The van der Waals surface area contributed by atoms with Gasteiger partial charge in [-0.2, -0.15) is 16.9 Å². The topological polar surface area (TPSA) is 101 Å². The summed E-state index contributed by atoms with van der Waals surface area (Å²) in [4.78, 5) is 36.6. The highest BCUT2D eigenvalue weighted by Gasteiger charge is 2.20. The van der Waals surface area contributed by atoms with Crippen LogP contribution in [0.2, 0.25) is 0 Å². The minimum atomic E-state index is -1.10. The number of nitrogens with one attached hydrogen (secondary N) is 1. The molecule has 1 aromatic heterocycles. The fourth-order valence-corrected chi connectivity index (χ4v) is 3.23. The zero-order chi connectivity index (χ0) is 19.8. The first-order chi connectivity index (χ1) is 12.9. The van der Waals surface area contributed by atoms with Crippen molar-refractivity contribution in [3.05, 3.63) is 46.8 Å². The molecule has 0 saturated heterocycles. The Balaban J connectivity index is 2.14. The van der Waals surface area contributed by atoms with Crippen molar-refractivity contribution in [1.82, 2.24) is 15.1 Å². The molecule has 0 aliphatic carbocycles. The number of rotatable bonds is 9. The molecule has 0 bridgehead atoms. The van der Waals surface area contributed by atoms with Crippen LogP contribution in [-0.2, 0) is 16.1 Å². The van der Waals surface area contributed by atoms with E-state index in [9.17, 15) is 19.5 Å². The third-order valence-electron chi connectivity index (χ3n) is 3.79. The predicted octanol–water partition coefficient (Wildman–Crippen LogP) is 1.95. The van der Waals surface area contributed by atoms with Crippen LogP contribution in [0.25, 0.3) is 11.3 Å². The summed E-state index contributed by atoms with van der Waals surface area (Å²) in [6, 6.07) is 9.66. The first-order valence-electron chi connectivity index (χ1n) is 8.18. The van der Waals surface area contributed by atoms with E-state index in [1.165, 1.54) is 17.8 Å². The molecule has 0 aliphatic heterocycles. The van der Waals surface area contributed by atoms with E-state index in [-0.39, 0.29) is 6.54 Å². The minimum Gasteiger partial charge on any atom is -0.480 e. The monoisotopic (exact) mass is 407 g/mol. The zero-order valence-electron chi connectivity index (χ0n) is 15.0. The van der Waals surface area contributed by atoms with Gasteiger partial charge in [-0.05, 0) is 42.9 Å². The number of benzene rings is 1. The molecule has 1 heterocycles. The van der Waals surface area contributed by atoms with Gasteiger partial charge in [-0.25, -0.2) is 9.48 Å². The van der Waals surface area contributed by atoms with Crippen molar-refractivity contribution >= 4 is 35.4 Å². The molecule has 2 aromatic rings. The van der Waals surface area contributed by atoms with Crippen LogP contribution < -0.4 is 10.9 Å². The van der Waals surface area contributed by atoms with Crippen molar-refractivity contribution in [1.29, 1.82) is 0 Å². The third kappa shape index (κ3) is 6.14. The number of nitrogens with zero attached hydrogens (tertiary/aromatic N) is 2. The molecule has 7 nitrogen and oxygen atoms in total. The second-order valence-electron chi connectivity index (χ2n) is 5.68. The molecule has 1 atom stereocenters. The summed E-state index contributed by atoms with van der Waals surface area (Å²) < 4.78 is 1.04. The summed E-state index contributed by atoms with van der Waals surface area (Å²) in [5.74, 6) is -1.05. The molecule has 0 spiro atoms. The Morgan fingerprint density at radius 1 is 1.19 bits per heavy atom. The number of carbonyl (C=O) groups is 2. The molecule has 2 N–H and O–H groups in total. The maximum absolute atomic E-state index is 12.2. The average molecular weight is 408 g/mol. The number of amides is 1. The standard InChI is InChI=1S/C18H21N3O4S2/c1-26-10-9-15(18(24)25)19-16(22)11-21-17(23)8-7-14(20-21)12-3-5-13(27-2)6-4-12/h3-8,15H,9-11H2,1-2H3,(H,19,22)(H,24,25). The van der Waals surface area contributed by atoms with Crippen molar-refractivity contribution in [2.24, 2.45) is 0 Å². The molecule has 0 radical (unpaired) electrons. The van der Waals surface area contributed by atoms with Crippen LogP contribution in [0.3, 0.4) is 0 Å². The molecular weight excluding hydrogens is 386 g/mol. The van der Waals surface area contributed by atoms with Crippen LogP contribution in [0.5, 0.6) is 0 Å². The van der Waals surface area contributed by atoms with Crippen molar-refractivity contribution in [3.8, 4) is 11.3 Å². The van der Waals surface area contributed by atoms with Gasteiger partial charge in [0, 0.05) is 16.5 Å². The number of carboxylic acids is 1. The molecule has 1 aromatic carbocycles. The molecule has 2 rings (SSSR count). The van der Waals surface area contributed by atoms with E-state index in [4.69, 9.17) is 0 Å². The van der Waals surface area contributed by atoms with E-state index in [2.05, 4.69) is 10.4 Å². The van der Waals surface area contributed by atoms with Crippen LogP contribution in [0.15, 0.2) is 46.1 Å². The van der Waals surface area contributed by atoms with Crippen LogP contribution in [0.1, 0.15) is 6.42 Å². The highest BCUT2D eigenvalue weighted by atomic mass is 32.2. The lowest BCUT2D eigenvalue weighted by molar-refractivity contribution is -0.142. The van der Waals surface area contributed by atoms with Crippen LogP contribution in [0, 0.1) is 0 Å². The van der Waals surface area contributed by atoms with Gasteiger partial charge in [0.2, 0.25) is 5.91 Å². The number of aromatic nitrogens is 2. The van der Waals surface area contributed by atoms with Crippen molar-refractivity contribution in [2.45, 2.75) is 23.9 Å². The number of thioether (sulfide) groups is 2. The van der Waals surface area contributed by atoms with Crippen LogP contribution in [0.4, 0.5) is 0 Å². The second kappa shape index (κ2) is 10.2. The molecule has 1 amide bonds. The first-order valence-corrected chi connectivity index (χ1v) is 10.8. The summed E-state index contributed by atoms with van der Waals surface area (Å²) in [6.45, 7) is -0.335. The largest absolute Gasteiger partial charge is 0.480 e. The van der Waals surface area contributed by atoms with E-state index >= 15 is 0 Å². The van der Waals surface area contributed by atoms with Crippen LogP contribution in [-0.4, -0.2) is 51.1 Å². The zero-order valence-corrected chi connectivity index (χ0v) is 16.7. The molecule has 0 aliphatic rings. The number of hydrogen-bond acceptors (Lipinski definition) is 6. The van der Waals surface area contributed by atoms with Gasteiger partial charge in [0.05, 0.1) is 5.69 Å². The predicted molar refractivity (Wildman–Crippen MR) is 108 cm³/mol. The SMILES string of the molecule is CSCCC(NC(=O)Cn1nc(-c2ccc(SC)cc2)ccc1=O)C(=O)O. The summed E-state index contributed by atoms with van der Waals surface area (Å²) >= 11 is 3.12. The van der Waals surface area contributed by atoms with Gasteiger partial charge in [-0.15, -0.1) is 11.8 Å².